The van der Waals surface area contributed by atoms with E-state index in [0.717, 1.165) is 24.6 Å². The third kappa shape index (κ3) is 4.79. The van der Waals surface area contributed by atoms with E-state index in [0.29, 0.717) is 10.0 Å². The quantitative estimate of drug-likeness (QED) is 0.721. The molecule has 0 spiro atoms. The second-order valence-corrected chi connectivity index (χ2v) is 6.12. The van der Waals surface area contributed by atoms with Crippen molar-refractivity contribution in [3.8, 4) is 0 Å². The van der Waals surface area contributed by atoms with Crippen LogP contribution < -0.4 is 5.32 Å². The van der Waals surface area contributed by atoms with Crippen LogP contribution in [0.1, 0.15) is 44.1 Å². The van der Waals surface area contributed by atoms with Crippen molar-refractivity contribution in [2.24, 2.45) is 5.92 Å². The summed E-state index contributed by atoms with van der Waals surface area (Å²) in [6, 6.07) is 5.71. The van der Waals surface area contributed by atoms with Crippen LogP contribution >= 0.6 is 23.2 Å². The molecule has 1 aliphatic carbocycles. The molecule has 0 aromatic heterocycles. The van der Waals surface area contributed by atoms with E-state index in [-0.39, 0.29) is 0 Å². The van der Waals surface area contributed by atoms with Crippen molar-refractivity contribution in [2.75, 3.05) is 6.54 Å². The Morgan fingerprint density at radius 3 is 2.39 bits per heavy atom. The van der Waals surface area contributed by atoms with Gasteiger partial charge in [-0.2, -0.15) is 0 Å². The lowest BCUT2D eigenvalue weighted by Gasteiger charge is -2.09. The summed E-state index contributed by atoms with van der Waals surface area (Å²) in [4.78, 5) is 0. The summed E-state index contributed by atoms with van der Waals surface area (Å²) in [7, 11) is 0. The van der Waals surface area contributed by atoms with Crippen LogP contribution in [0.25, 0.3) is 0 Å². The molecule has 0 radical (unpaired) electrons. The lowest BCUT2D eigenvalue weighted by atomic mass is 10.0. The first-order chi connectivity index (χ1) is 8.74. The van der Waals surface area contributed by atoms with E-state index in [1.165, 1.54) is 38.5 Å². The Hall–Kier alpha value is -0.240. The largest absolute Gasteiger partial charge is 0.313 e. The average Bonchev–Trinajstić information content (AvgIpc) is 2.80. The standard InChI is InChI=1S/C15H21Cl2N/c16-14-8-13(9-15(17)10-14)11-18-7-3-6-12-4-1-2-5-12/h8-10,12,18H,1-7,11H2. The summed E-state index contributed by atoms with van der Waals surface area (Å²) in [6.45, 7) is 1.94. The number of halogens is 2. The Labute approximate surface area is 120 Å². The molecule has 1 aromatic rings. The minimum Gasteiger partial charge on any atom is -0.313 e. The molecule has 0 amide bonds. The zero-order valence-corrected chi connectivity index (χ0v) is 12.2. The van der Waals surface area contributed by atoms with E-state index in [1.54, 1.807) is 6.07 Å². The van der Waals surface area contributed by atoms with Gasteiger partial charge in [-0.15, -0.1) is 0 Å². The number of nitrogens with one attached hydrogen (secondary N) is 1. The summed E-state index contributed by atoms with van der Waals surface area (Å²) >= 11 is 11.9. The summed E-state index contributed by atoms with van der Waals surface area (Å²) in [5, 5.41) is 4.89. The minimum atomic E-state index is 0.713. The predicted molar refractivity (Wildman–Crippen MR) is 79.4 cm³/mol. The number of benzene rings is 1. The fourth-order valence-corrected chi connectivity index (χ4v) is 3.33. The first kappa shape index (κ1) is 14.2. The van der Waals surface area contributed by atoms with Crippen LogP contribution in [-0.4, -0.2) is 6.54 Å². The number of hydrogen-bond acceptors (Lipinski definition) is 1. The molecule has 18 heavy (non-hydrogen) atoms. The van der Waals surface area contributed by atoms with E-state index >= 15 is 0 Å². The van der Waals surface area contributed by atoms with Crippen LogP contribution in [0.2, 0.25) is 10.0 Å². The Kier molecular flexibility index (Phi) is 5.81. The topological polar surface area (TPSA) is 12.0 Å². The van der Waals surface area contributed by atoms with Gasteiger partial charge in [0.05, 0.1) is 0 Å². The molecule has 1 N–H and O–H groups in total. The Balaban J connectivity index is 1.62. The SMILES string of the molecule is Clc1cc(Cl)cc(CNCCCC2CCCC2)c1. The highest BCUT2D eigenvalue weighted by atomic mass is 35.5. The van der Waals surface area contributed by atoms with Gasteiger partial charge in [-0.3, -0.25) is 0 Å². The molecule has 0 unspecified atom stereocenters. The van der Waals surface area contributed by atoms with Gasteiger partial charge >= 0.3 is 0 Å². The van der Waals surface area contributed by atoms with Gasteiger partial charge in [0.2, 0.25) is 0 Å². The van der Waals surface area contributed by atoms with E-state index in [9.17, 15) is 0 Å². The second kappa shape index (κ2) is 7.37. The number of hydrogen-bond donors (Lipinski definition) is 1. The molecule has 2 rings (SSSR count). The van der Waals surface area contributed by atoms with Crippen molar-refractivity contribution >= 4 is 23.2 Å². The first-order valence-electron chi connectivity index (χ1n) is 6.90. The van der Waals surface area contributed by atoms with Gasteiger partial charge in [0, 0.05) is 16.6 Å². The summed E-state index contributed by atoms with van der Waals surface area (Å²) in [5.41, 5.74) is 1.16. The molecule has 1 nitrogen and oxygen atoms in total. The van der Waals surface area contributed by atoms with Gasteiger partial charge in [0.1, 0.15) is 0 Å². The van der Waals surface area contributed by atoms with Crippen molar-refractivity contribution in [3.05, 3.63) is 33.8 Å². The van der Waals surface area contributed by atoms with E-state index in [2.05, 4.69) is 5.32 Å². The van der Waals surface area contributed by atoms with Crippen molar-refractivity contribution in [1.29, 1.82) is 0 Å². The molecular formula is C15H21Cl2N. The highest BCUT2D eigenvalue weighted by Gasteiger charge is 2.13. The van der Waals surface area contributed by atoms with Crippen molar-refractivity contribution < 1.29 is 0 Å². The molecule has 1 saturated carbocycles. The average molecular weight is 286 g/mol. The van der Waals surface area contributed by atoms with Crippen molar-refractivity contribution in [3.63, 3.8) is 0 Å². The second-order valence-electron chi connectivity index (χ2n) is 5.25. The smallest absolute Gasteiger partial charge is 0.0424 e. The molecule has 1 aliphatic rings. The summed E-state index contributed by atoms with van der Waals surface area (Å²) in [6.07, 6.45) is 8.44. The molecule has 0 heterocycles. The molecule has 0 aliphatic heterocycles. The van der Waals surface area contributed by atoms with Gasteiger partial charge in [-0.05, 0) is 49.1 Å². The third-order valence-electron chi connectivity index (χ3n) is 3.69. The van der Waals surface area contributed by atoms with Crippen LogP contribution in [0.4, 0.5) is 0 Å². The van der Waals surface area contributed by atoms with E-state index in [1.807, 2.05) is 12.1 Å². The van der Waals surface area contributed by atoms with Gasteiger partial charge < -0.3 is 5.32 Å². The number of rotatable bonds is 6. The van der Waals surface area contributed by atoms with Gasteiger partial charge in [0.25, 0.3) is 0 Å². The highest BCUT2D eigenvalue weighted by Crippen LogP contribution is 2.28. The molecule has 1 aromatic carbocycles. The lowest BCUT2D eigenvalue weighted by molar-refractivity contribution is 0.470. The zero-order chi connectivity index (χ0) is 12.8. The van der Waals surface area contributed by atoms with Gasteiger partial charge in [0.15, 0.2) is 0 Å². The maximum Gasteiger partial charge on any atom is 0.0424 e. The molecule has 100 valence electrons. The molecule has 3 heteroatoms. The fraction of sp³-hybridized carbons (Fsp3) is 0.600. The molecule has 1 fully saturated rings. The minimum absolute atomic E-state index is 0.713. The van der Waals surface area contributed by atoms with E-state index < -0.39 is 0 Å². The van der Waals surface area contributed by atoms with Crippen LogP contribution in [0.3, 0.4) is 0 Å². The van der Waals surface area contributed by atoms with Gasteiger partial charge in [-0.1, -0.05) is 48.9 Å². The monoisotopic (exact) mass is 285 g/mol. The van der Waals surface area contributed by atoms with E-state index in [4.69, 9.17) is 23.2 Å². The van der Waals surface area contributed by atoms with Crippen molar-refractivity contribution in [1.82, 2.24) is 5.32 Å². The first-order valence-corrected chi connectivity index (χ1v) is 7.65. The zero-order valence-electron chi connectivity index (χ0n) is 10.7. The maximum absolute atomic E-state index is 5.96. The molecule has 0 bridgehead atoms. The van der Waals surface area contributed by atoms with Crippen LogP contribution in [-0.2, 0) is 6.54 Å². The molecule has 0 atom stereocenters. The maximum atomic E-state index is 5.96. The van der Waals surface area contributed by atoms with Crippen molar-refractivity contribution in [2.45, 2.75) is 45.1 Å². The van der Waals surface area contributed by atoms with Crippen LogP contribution in [0.15, 0.2) is 18.2 Å². The summed E-state index contributed by atoms with van der Waals surface area (Å²) in [5.74, 6) is 0.993. The molecular weight excluding hydrogens is 265 g/mol. The summed E-state index contributed by atoms with van der Waals surface area (Å²) < 4.78 is 0. The fourth-order valence-electron chi connectivity index (χ4n) is 2.76. The Morgan fingerprint density at radius 2 is 1.72 bits per heavy atom. The predicted octanol–water partition coefficient (Wildman–Crippen LogP) is 5.05. The highest BCUT2D eigenvalue weighted by molar-refractivity contribution is 6.34. The van der Waals surface area contributed by atoms with Crippen LogP contribution in [0, 0.1) is 5.92 Å². The Bertz CT molecular complexity index is 353. The lowest BCUT2D eigenvalue weighted by Crippen LogP contribution is -2.15. The normalized spacial score (nSPS) is 16.3. The van der Waals surface area contributed by atoms with Gasteiger partial charge in [-0.25, -0.2) is 0 Å². The third-order valence-corrected chi connectivity index (χ3v) is 4.13. The molecule has 0 saturated heterocycles. The Morgan fingerprint density at radius 1 is 1.06 bits per heavy atom. The van der Waals surface area contributed by atoms with Crippen LogP contribution in [0.5, 0.6) is 0 Å².